The van der Waals surface area contributed by atoms with E-state index in [0.29, 0.717) is 19.0 Å². The maximum absolute atomic E-state index is 12.8. The number of rotatable bonds is 5. The monoisotopic (exact) mass is 378 g/mol. The summed E-state index contributed by atoms with van der Waals surface area (Å²) < 4.78 is 0. The minimum absolute atomic E-state index is 0.0436. The summed E-state index contributed by atoms with van der Waals surface area (Å²) in [5, 5.41) is 2.91. The predicted molar refractivity (Wildman–Crippen MR) is 107 cm³/mol. The first-order valence-electron chi connectivity index (χ1n) is 9.85. The van der Waals surface area contributed by atoms with Gasteiger partial charge in [0.2, 0.25) is 11.8 Å². The number of aromatic nitrogens is 1. The molecule has 2 saturated heterocycles. The molecule has 0 spiro atoms. The molecule has 1 aromatic heterocycles. The molecule has 0 bridgehead atoms. The van der Waals surface area contributed by atoms with Crippen molar-refractivity contribution in [2.75, 3.05) is 26.2 Å². The molecule has 0 radical (unpaired) electrons. The molecule has 0 saturated carbocycles. The number of hydrogen-bond donors (Lipinski definition) is 1. The Kier molecular flexibility index (Phi) is 5.39. The summed E-state index contributed by atoms with van der Waals surface area (Å²) in [5.74, 6) is 0.384. The van der Waals surface area contributed by atoms with Crippen LogP contribution in [0.3, 0.4) is 0 Å². The van der Waals surface area contributed by atoms with Crippen molar-refractivity contribution in [1.29, 1.82) is 0 Å². The molecule has 1 aromatic carbocycles. The van der Waals surface area contributed by atoms with Gasteiger partial charge in [0.15, 0.2) is 0 Å². The Morgan fingerprint density at radius 1 is 1.14 bits per heavy atom. The molecule has 1 atom stereocenters. The largest absolute Gasteiger partial charge is 0.353 e. The number of carbonyl (C=O) groups excluding carboxylic acids is 2. The summed E-state index contributed by atoms with van der Waals surface area (Å²) in [7, 11) is 0. The molecule has 2 fully saturated rings. The van der Waals surface area contributed by atoms with E-state index in [9.17, 15) is 9.59 Å². The number of piperazine rings is 1. The number of hydrogen-bond acceptors (Lipinski definition) is 4. The fourth-order valence-electron chi connectivity index (χ4n) is 3.92. The highest BCUT2D eigenvalue weighted by atomic mass is 16.2. The summed E-state index contributed by atoms with van der Waals surface area (Å²) in [5.41, 5.74) is 3.60. The van der Waals surface area contributed by atoms with Gasteiger partial charge in [-0.2, -0.15) is 0 Å². The van der Waals surface area contributed by atoms with Crippen LogP contribution in [0.4, 0.5) is 0 Å². The zero-order valence-electron chi connectivity index (χ0n) is 16.2. The minimum Gasteiger partial charge on any atom is -0.353 e. The summed E-state index contributed by atoms with van der Waals surface area (Å²) in [6.07, 6.45) is 3.81. The molecular formula is C22H26N4O2. The lowest BCUT2D eigenvalue weighted by atomic mass is 9.91. The second kappa shape index (κ2) is 8.10. The molecule has 4 rings (SSSR count). The van der Waals surface area contributed by atoms with E-state index < -0.39 is 6.04 Å². The first kappa shape index (κ1) is 18.6. The van der Waals surface area contributed by atoms with Crippen molar-refractivity contribution >= 4 is 11.8 Å². The highest BCUT2D eigenvalue weighted by Gasteiger charge is 2.37. The van der Waals surface area contributed by atoms with Crippen LogP contribution in [0.2, 0.25) is 0 Å². The molecule has 2 aliphatic rings. The van der Waals surface area contributed by atoms with Gasteiger partial charge in [0.05, 0.1) is 12.5 Å². The molecule has 0 unspecified atom stereocenters. The molecule has 2 aromatic rings. The molecule has 6 nitrogen and oxygen atoms in total. The molecule has 6 heteroatoms. The highest BCUT2D eigenvalue weighted by molar-refractivity contribution is 5.89. The number of carbonyl (C=O) groups is 2. The highest BCUT2D eigenvalue weighted by Crippen LogP contribution is 2.27. The van der Waals surface area contributed by atoms with Crippen LogP contribution in [0.1, 0.15) is 29.0 Å². The number of likely N-dealkylation sites (tertiary alicyclic amines) is 1. The average Bonchev–Trinajstić information content (AvgIpc) is 2.66. The Balaban J connectivity index is 1.36. The van der Waals surface area contributed by atoms with Crippen LogP contribution >= 0.6 is 0 Å². The van der Waals surface area contributed by atoms with Crippen molar-refractivity contribution in [3.8, 4) is 0 Å². The quantitative estimate of drug-likeness (QED) is 0.860. The number of nitrogens with zero attached hydrogens (tertiary/aromatic N) is 3. The van der Waals surface area contributed by atoms with Gasteiger partial charge in [-0.15, -0.1) is 0 Å². The predicted octanol–water partition coefficient (Wildman–Crippen LogP) is 1.71. The summed E-state index contributed by atoms with van der Waals surface area (Å²) >= 11 is 0. The molecule has 0 aliphatic carbocycles. The van der Waals surface area contributed by atoms with E-state index in [1.54, 1.807) is 12.4 Å². The molecule has 146 valence electrons. The Bertz CT molecular complexity index is 831. The molecule has 2 aliphatic heterocycles. The zero-order chi connectivity index (χ0) is 19.5. The third-order valence-electron chi connectivity index (χ3n) is 5.73. The van der Waals surface area contributed by atoms with Crippen molar-refractivity contribution in [2.24, 2.45) is 0 Å². The second-order valence-corrected chi connectivity index (χ2v) is 7.74. The second-order valence-electron chi connectivity index (χ2n) is 7.74. The molecular weight excluding hydrogens is 352 g/mol. The number of pyridine rings is 1. The van der Waals surface area contributed by atoms with E-state index in [1.807, 2.05) is 17.0 Å². The SMILES string of the molecule is Cc1ccc(CN2CCNC(=O)[C@@H]2CC(=O)N2CC(c3ccncc3)C2)cc1. The lowest BCUT2D eigenvalue weighted by Gasteiger charge is -2.41. The number of aryl methyl sites for hydroxylation is 1. The van der Waals surface area contributed by atoms with Gasteiger partial charge in [0, 0.05) is 51.0 Å². The van der Waals surface area contributed by atoms with Gasteiger partial charge < -0.3 is 10.2 Å². The van der Waals surface area contributed by atoms with E-state index in [0.717, 1.165) is 19.6 Å². The van der Waals surface area contributed by atoms with Crippen molar-refractivity contribution in [3.63, 3.8) is 0 Å². The Hall–Kier alpha value is -2.73. The van der Waals surface area contributed by atoms with Gasteiger partial charge in [-0.25, -0.2) is 0 Å². The van der Waals surface area contributed by atoms with Crippen LogP contribution in [-0.4, -0.2) is 58.8 Å². The van der Waals surface area contributed by atoms with Gasteiger partial charge in [0.1, 0.15) is 0 Å². The lowest BCUT2D eigenvalue weighted by molar-refractivity contribution is -0.142. The van der Waals surface area contributed by atoms with E-state index >= 15 is 0 Å². The van der Waals surface area contributed by atoms with Gasteiger partial charge in [0.25, 0.3) is 0 Å². The van der Waals surface area contributed by atoms with Crippen molar-refractivity contribution in [2.45, 2.75) is 31.8 Å². The van der Waals surface area contributed by atoms with Crippen molar-refractivity contribution in [1.82, 2.24) is 20.1 Å². The average molecular weight is 378 g/mol. The maximum atomic E-state index is 12.8. The lowest BCUT2D eigenvalue weighted by Crippen LogP contribution is -2.57. The smallest absolute Gasteiger partial charge is 0.237 e. The number of nitrogens with one attached hydrogen (secondary N) is 1. The van der Waals surface area contributed by atoms with Crippen LogP contribution in [0.15, 0.2) is 48.8 Å². The van der Waals surface area contributed by atoms with Crippen LogP contribution in [-0.2, 0) is 16.1 Å². The minimum atomic E-state index is -0.400. The third-order valence-corrected chi connectivity index (χ3v) is 5.73. The normalized spacial score (nSPS) is 20.5. The van der Waals surface area contributed by atoms with Crippen molar-refractivity contribution in [3.05, 3.63) is 65.5 Å². The van der Waals surface area contributed by atoms with Crippen molar-refractivity contribution < 1.29 is 9.59 Å². The standard InChI is InChI=1S/C22H26N4O2/c1-16-2-4-17(5-3-16)13-25-11-10-24-22(28)20(25)12-21(27)26-14-19(15-26)18-6-8-23-9-7-18/h2-9,19-20H,10-15H2,1H3,(H,24,28)/t20-/m0/s1. The zero-order valence-corrected chi connectivity index (χ0v) is 16.2. The van der Waals surface area contributed by atoms with Crippen LogP contribution in [0, 0.1) is 6.92 Å². The summed E-state index contributed by atoms with van der Waals surface area (Å²) in [4.78, 5) is 33.3. The molecule has 2 amide bonds. The van der Waals surface area contributed by atoms with Gasteiger partial charge in [-0.05, 0) is 30.2 Å². The first-order valence-corrected chi connectivity index (χ1v) is 9.85. The van der Waals surface area contributed by atoms with Gasteiger partial charge >= 0.3 is 0 Å². The van der Waals surface area contributed by atoms with E-state index in [4.69, 9.17) is 0 Å². The summed E-state index contributed by atoms with van der Waals surface area (Å²) in [6.45, 7) is 5.57. The fourth-order valence-corrected chi connectivity index (χ4v) is 3.92. The van der Waals surface area contributed by atoms with E-state index in [2.05, 4.69) is 46.4 Å². The Morgan fingerprint density at radius 3 is 2.57 bits per heavy atom. The Labute approximate surface area is 165 Å². The van der Waals surface area contributed by atoms with Gasteiger partial charge in [-0.3, -0.25) is 19.5 Å². The third kappa shape index (κ3) is 4.07. The van der Waals surface area contributed by atoms with E-state index in [1.165, 1.54) is 16.7 Å². The fraction of sp³-hybridized carbons (Fsp3) is 0.409. The summed E-state index contributed by atoms with van der Waals surface area (Å²) in [6, 6.07) is 12.0. The molecule has 1 N–H and O–H groups in total. The van der Waals surface area contributed by atoms with Crippen LogP contribution in [0.5, 0.6) is 0 Å². The van der Waals surface area contributed by atoms with Crippen LogP contribution < -0.4 is 5.32 Å². The first-order chi connectivity index (χ1) is 13.6. The van der Waals surface area contributed by atoms with Gasteiger partial charge in [-0.1, -0.05) is 29.8 Å². The van der Waals surface area contributed by atoms with E-state index in [-0.39, 0.29) is 18.2 Å². The van der Waals surface area contributed by atoms with Crippen LogP contribution in [0.25, 0.3) is 0 Å². The topological polar surface area (TPSA) is 65.5 Å². The number of amides is 2. The Morgan fingerprint density at radius 2 is 1.86 bits per heavy atom. The molecule has 28 heavy (non-hydrogen) atoms. The number of benzene rings is 1. The maximum Gasteiger partial charge on any atom is 0.237 e. The molecule has 3 heterocycles.